The molecule has 15 heavy (non-hydrogen) atoms. The monoisotopic (exact) mass is 216 g/mol. The first kappa shape index (κ1) is 14.2. The van der Waals surface area contributed by atoms with Crippen molar-refractivity contribution < 1.29 is 5.21 Å². The topological polar surface area (TPSA) is 73.9 Å². The first-order valence-corrected chi connectivity index (χ1v) is 5.56. The predicted octanol–water partition coefficient (Wildman–Crippen LogP) is 0.300. The molecular weight excluding hydrogens is 192 g/mol. The van der Waals surface area contributed by atoms with Crippen molar-refractivity contribution in [1.29, 1.82) is 0 Å². The quantitative estimate of drug-likeness (QED) is 0.179. The molecule has 0 fully saturated rings. The van der Waals surface area contributed by atoms with Gasteiger partial charge in [-0.15, -0.1) is 0 Å². The summed E-state index contributed by atoms with van der Waals surface area (Å²) in [7, 11) is 0. The van der Waals surface area contributed by atoms with Crippen molar-refractivity contribution in [2.75, 3.05) is 32.7 Å². The standard InChI is InChI=1S/C10H24N4O/c1-4-14(5-2)7-6-12-8-9(3)10(11)13-15/h9,12,15H,4-8H2,1-3H3,(H2,11,13). The molecule has 0 heterocycles. The molecule has 0 radical (unpaired) electrons. The van der Waals surface area contributed by atoms with Crippen LogP contribution < -0.4 is 11.1 Å². The molecule has 0 aromatic carbocycles. The Kier molecular flexibility index (Phi) is 8.04. The third-order valence-electron chi connectivity index (χ3n) is 2.57. The summed E-state index contributed by atoms with van der Waals surface area (Å²) in [6, 6.07) is 0. The fraction of sp³-hybridized carbons (Fsp3) is 0.900. The molecule has 90 valence electrons. The maximum absolute atomic E-state index is 8.45. The molecule has 0 aliphatic rings. The molecule has 0 spiro atoms. The predicted molar refractivity (Wildman–Crippen MR) is 63.2 cm³/mol. The summed E-state index contributed by atoms with van der Waals surface area (Å²) in [6.45, 7) is 11.1. The minimum atomic E-state index is 0.0757. The molecule has 5 nitrogen and oxygen atoms in total. The van der Waals surface area contributed by atoms with Gasteiger partial charge in [-0.2, -0.15) is 0 Å². The molecule has 0 aromatic heterocycles. The van der Waals surface area contributed by atoms with E-state index in [0.717, 1.165) is 32.7 Å². The molecule has 4 N–H and O–H groups in total. The van der Waals surface area contributed by atoms with Crippen LogP contribution in [0.4, 0.5) is 0 Å². The van der Waals surface area contributed by atoms with Gasteiger partial charge >= 0.3 is 0 Å². The second-order valence-electron chi connectivity index (χ2n) is 3.66. The van der Waals surface area contributed by atoms with Gasteiger partial charge in [0.15, 0.2) is 0 Å². The highest BCUT2D eigenvalue weighted by molar-refractivity contribution is 5.82. The Bertz CT molecular complexity index is 180. The summed E-state index contributed by atoms with van der Waals surface area (Å²) >= 11 is 0. The van der Waals surface area contributed by atoms with Gasteiger partial charge in [-0.25, -0.2) is 0 Å². The number of oxime groups is 1. The summed E-state index contributed by atoms with van der Waals surface area (Å²) in [5, 5.41) is 14.7. The lowest BCUT2D eigenvalue weighted by atomic mass is 10.1. The number of rotatable bonds is 8. The molecule has 0 aromatic rings. The van der Waals surface area contributed by atoms with Crippen LogP contribution in [-0.4, -0.2) is 48.7 Å². The molecule has 1 unspecified atom stereocenters. The summed E-state index contributed by atoms with van der Waals surface area (Å²) in [4.78, 5) is 2.35. The number of hydrogen-bond donors (Lipinski definition) is 3. The van der Waals surface area contributed by atoms with E-state index in [2.05, 4.69) is 29.2 Å². The number of hydrogen-bond acceptors (Lipinski definition) is 4. The van der Waals surface area contributed by atoms with Crippen molar-refractivity contribution >= 4 is 5.84 Å². The molecule has 0 aliphatic heterocycles. The number of nitrogens with one attached hydrogen (secondary N) is 1. The van der Waals surface area contributed by atoms with Gasteiger partial charge in [-0.3, -0.25) is 0 Å². The zero-order chi connectivity index (χ0) is 11.7. The Hall–Kier alpha value is -0.810. The summed E-state index contributed by atoms with van der Waals surface area (Å²) in [6.07, 6.45) is 0. The molecule has 0 saturated heterocycles. The van der Waals surface area contributed by atoms with E-state index in [-0.39, 0.29) is 11.8 Å². The van der Waals surface area contributed by atoms with Crippen molar-refractivity contribution in [2.24, 2.45) is 16.8 Å². The molecule has 0 bridgehead atoms. The van der Waals surface area contributed by atoms with Crippen LogP contribution in [0.2, 0.25) is 0 Å². The largest absolute Gasteiger partial charge is 0.409 e. The van der Waals surface area contributed by atoms with Crippen LogP contribution in [-0.2, 0) is 0 Å². The first-order valence-electron chi connectivity index (χ1n) is 5.56. The van der Waals surface area contributed by atoms with Crippen LogP contribution in [0, 0.1) is 5.92 Å². The first-order chi connectivity index (χ1) is 7.15. The zero-order valence-corrected chi connectivity index (χ0v) is 10.0. The van der Waals surface area contributed by atoms with E-state index in [1.807, 2.05) is 6.92 Å². The van der Waals surface area contributed by atoms with Crippen molar-refractivity contribution in [3.05, 3.63) is 0 Å². The Morgan fingerprint density at radius 1 is 1.47 bits per heavy atom. The van der Waals surface area contributed by atoms with E-state index in [1.54, 1.807) is 0 Å². The van der Waals surface area contributed by atoms with E-state index in [9.17, 15) is 0 Å². The van der Waals surface area contributed by atoms with E-state index in [4.69, 9.17) is 10.9 Å². The number of nitrogens with zero attached hydrogens (tertiary/aromatic N) is 2. The van der Waals surface area contributed by atoms with Crippen molar-refractivity contribution in [2.45, 2.75) is 20.8 Å². The number of amidine groups is 1. The fourth-order valence-corrected chi connectivity index (χ4v) is 1.30. The summed E-state index contributed by atoms with van der Waals surface area (Å²) in [5.74, 6) is 0.358. The molecule has 1 atom stereocenters. The molecule has 5 heteroatoms. The van der Waals surface area contributed by atoms with Crippen LogP contribution in [0.25, 0.3) is 0 Å². The van der Waals surface area contributed by atoms with Gasteiger partial charge in [0.2, 0.25) is 0 Å². The van der Waals surface area contributed by atoms with Crippen LogP contribution in [0.5, 0.6) is 0 Å². The average molecular weight is 216 g/mol. The third-order valence-corrected chi connectivity index (χ3v) is 2.57. The van der Waals surface area contributed by atoms with Gasteiger partial charge in [-0.05, 0) is 13.1 Å². The van der Waals surface area contributed by atoms with Gasteiger partial charge in [0.1, 0.15) is 5.84 Å². The Labute approximate surface area is 92.3 Å². The zero-order valence-electron chi connectivity index (χ0n) is 10.0. The van der Waals surface area contributed by atoms with E-state index < -0.39 is 0 Å². The van der Waals surface area contributed by atoms with Crippen molar-refractivity contribution in [3.8, 4) is 0 Å². The smallest absolute Gasteiger partial charge is 0.143 e. The highest BCUT2D eigenvalue weighted by Gasteiger charge is 2.06. The molecule has 0 saturated carbocycles. The highest BCUT2D eigenvalue weighted by atomic mass is 16.4. The lowest BCUT2D eigenvalue weighted by molar-refractivity contribution is 0.300. The summed E-state index contributed by atoms with van der Waals surface area (Å²) < 4.78 is 0. The lowest BCUT2D eigenvalue weighted by Crippen LogP contribution is -2.36. The Balaban J connectivity index is 3.54. The van der Waals surface area contributed by atoms with Gasteiger partial charge in [0, 0.05) is 25.6 Å². The Morgan fingerprint density at radius 2 is 2.07 bits per heavy atom. The minimum absolute atomic E-state index is 0.0757. The highest BCUT2D eigenvalue weighted by Crippen LogP contribution is 1.92. The second kappa shape index (κ2) is 8.49. The van der Waals surface area contributed by atoms with Gasteiger partial charge in [-0.1, -0.05) is 25.9 Å². The fourth-order valence-electron chi connectivity index (χ4n) is 1.30. The average Bonchev–Trinajstić information content (AvgIpc) is 2.27. The molecule has 0 aliphatic carbocycles. The van der Waals surface area contributed by atoms with Gasteiger partial charge in [0.05, 0.1) is 0 Å². The third kappa shape index (κ3) is 6.30. The summed E-state index contributed by atoms with van der Waals surface area (Å²) in [5.41, 5.74) is 5.46. The van der Waals surface area contributed by atoms with Crippen molar-refractivity contribution in [3.63, 3.8) is 0 Å². The lowest BCUT2D eigenvalue weighted by Gasteiger charge is -2.18. The molecular formula is C10H24N4O. The maximum atomic E-state index is 8.45. The molecule has 0 rings (SSSR count). The Morgan fingerprint density at radius 3 is 2.53 bits per heavy atom. The van der Waals surface area contributed by atoms with E-state index >= 15 is 0 Å². The van der Waals surface area contributed by atoms with Gasteiger partial charge in [0.25, 0.3) is 0 Å². The van der Waals surface area contributed by atoms with Gasteiger partial charge < -0.3 is 21.2 Å². The van der Waals surface area contributed by atoms with E-state index in [1.165, 1.54) is 0 Å². The number of nitrogens with two attached hydrogens (primary N) is 1. The normalized spacial score (nSPS) is 14.5. The van der Waals surface area contributed by atoms with Crippen molar-refractivity contribution in [1.82, 2.24) is 10.2 Å². The number of likely N-dealkylation sites (N-methyl/N-ethyl adjacent to an activating group) is 1. The maximum Gasteiger partial charge on any atom is 0.143 e. The molecule has 0 amide bonds. The SMILES string of the molecule is CCN(CC)CCNCC(C)C(N)=NO. The van der Waals surface area contributed by atoms with Crippen LogP contribution in [0.1, 0.15) is 20.8 Å². The van der Waals surface area contributed by atoms with Crippen LogP contribution in [0.3, 0.4) is 0 Å². The van der Waals surface area contributed by atoms with Crippen LogP contribution >= 0.6 is 0 Å². The van der Waals surface area contributed by atoms with Crippen LogP contribution in [0.15, 0.2) is 5.16 Å². The van der Waals surface area contributed by atoms with E-state index in [0.29, 0.717) is 0 Å². The second-order valence-corrected chi connectivity index (χ2v) is 3.66. The minimum Gasteiger partial charge on any atom is -0.409 e.